The number of fused-ring (bicyclic) bond motifs is 1. The lowest BCUT2D eigenvalue weighted by atomic mass is 9.99. The standard InChI is InChI=1S/C31H31FN2O3/c1-4-36-29-19-30-27(28(20-37-30)23-8-10-24(32)11-9-23)18-26(29)22(3)17-31(35)34-14-12-33(13-15-34)25-7-5-6-21(2)16-25/h5-11,16-20H,4,12-15H2,1-3H3/b22-17+. The number of piperazine rings is 1. The van der Waals surface area contributed by atoms with E-state index < -0.39 is 0 Å². The van der Waals surface area contributed by atoms with E-state index in [9.17, 15) is 9.18 Å². The Morgan fingerprint density at radius 1 is 1.05 bits per heavy atom. The number of nitrogens with zero attached hydrogens (tertiary/aromatic N) is 2. The highest BCUT2D eigenvalue weighted by Gasteiger charge is 2.21. The topological polar surface area (TPSA) is 45.9 Å². The maximum atomic E-state index is 13.5. The van der Waals surface area contributed by atoms with Gasteiger partial charge in [0, 0.05) is 60.5 Å². The summed E-state index contributed by atoms with van der Waals surface area (Å²) in [6, 6.07) is 18.7. The molecule has 0 radical (unpaired) electrons. The van der Waals surface area contributed by atoms with Gasteiger partial charge in [0.25, 0.3) is 0 Å². The molecule has 0 saturated carbocycles. The molecule has 4 aromatic rings. The van der Waals surface area contributed by atoms with Crippen LogP contribution in [0.3, 0.4) is 0 Å². The van der Waals surface area contributed by atoms with Crippen molar-refractivity contribution in [1.29, 1.82) is 0 Å². The summed E-state index contributed by atoms with van der Waals surface area (Å²) in [4.78, 5) is 17.4. The average molecular weight is 499 g/mol. The number of aryl methyl sites for hydroxylation is 1. The summed E-state index contributed by atoms with van der Waals surface area (Å²) in [5, 5.41) is 0.886. The first kappa shape index (κ1) is 24.6. The fourth-order valence-electron chi connectivity index (χ4n) is 4.86. The van der Waals surface area contributed by atoms with Crippen LogP contribution in [0.1, 0.15) is 25.0 Å². The number of amides is 1. The summed E-state index contributed by atoms with van der Waals surface area (Å²) in [7, 11) is 0. The fourth-order valence-corrected chi connectivity index (χ4v) is 4.86. The minimum Gasteiger partial charge on any atom is -0.493 e. The lowest BCUT2D eigenvalue weighted by Crippen LogP contribution is -2.48. The van der Waals surface area contributed by atoms with Gasteiger partial charge in [0.1, 0.15) is 17.1 Å². The summed E-state index contributed by atoms with van der Waals surface area (Å²) in [6.07, 6.45) is 3.37. The van der Waals surface area contributed by atoms with Gasteiger partial charge in [-0.15, -0.1) is 0 Å². The van der Waals surface area contributed by atoms with E-state index >= 15 is 0 Å². The van der Waals surface area contributed by atoms with Gasteiger partial charge in [-0.25, -0.2) is 4.39 Å². The monoisotopic (exact) mass is 498 g/mol. The number of hydrogen-bond donors (Lipinski definition) is 0. The Kier molecular flexibility index (Phi) is 6.99. The molecule has 0 atom stereocenters. The molecule has 37 heavy (non-hydrogen) atoms. The first-order valence-corrected chi connectivity index (χ1v) is 12.7. The Bertz CT molecular complexity index is 1450. The van der Waals surface area contributed by atoms with Crippen molar-refractivity contribution < 1.29 is 18.3 Å². The minimum atomic E-state index is -0.284. The van der Waals surface area contributed by atoms with Crippen molar-refractivity contribution in [1.82, 2.24) is 4.90 Å². The van der Waals surface area contributed by atoms with E-state index in [4.69, 9.17) is 9.15 Å². The van der Waals surface area contributed by atoms with E-state index in [1.165, 1.54) is 23.4 Å². The summed E-state index contributed by atoms with van der Waals surface area (Å²) < 4.78 is 25.2. The summed E-state index contributed by atoms with van der Waals surface area (Å²) in [5.74, 6) is 0.378. The smallest absolute Gasteiger partial charge is 0.246 e. The van der Waals surface area contributed by atoms with Crippen molar-refractivity contribution in [3.05, 3.63) is 89.9 Å². The molecule has 0 N–H and O–H groups in total. The molecule has 1 fully saturated rings. The zero-order valence-corrected chi connectivity index (χ0v) is 21.5. The second-order valence-electron chi connectivity index (χ2n) is 9.41. The first-order chi connectivity index (χ1) is 17.9. The maximum absolute atomic E-state index is 13.5. The van der Waals surface area contributed by atoms with Crippen molar-refractivity contribution in [3.63, 3.8) is 0 Å². The number of anilines is 1. The number of halogens is 1. The highest BCUT2D eigenvalue weighted by atomic mass is 19.1. The molecular weight excluding hydrogens is 467 g/mol. The molecule has 190 valence electrons. The molecule has 0 unspecified atom stereocenters. The van der Waals surface area contributed by atoms with Crippen molar-refractivity contribution >= 4 is 28.1 Å². The van der Waals surface area contributed by atoms with Crippen molar-refractivity contribution in [2.75, 3.05) is 37.7 Å². The second-order valence-corrected chi connectivity index (χ2v) is 9.41. The molecule has 1 amide bonds. The molecule has 6 heteroatoms. The molecule has 1 aromatic heterocycles. The summed E-state index contributed by atoms with van der Waals surface area (Å²) >= 11 is 0. The van der Waals surface area contributed by atoms with Crippen LogP contribution in [0.25, 0.3) is 27.7 Å². The third-order valence-corrected chi connectivity index (χ3v) is 6.85. The highest BCUT2D eigenvalue weighted by Crippen LogP contribution is 2.37. The van der Waals surface area contributed by atoms with E-state index in [1.807, 2.05) is 30.9 Å². The number of benzene rings is 3. The largest absolute Gasteiger partial charge is 0.493 e. The lowest BCUT2D eigenvalue weighted by Gasteiger charge is -2.36. The van der Waals surface area contributed by atoms with E-state index in [0.29, 0.717) is 31.0 Å². The van der Waals surface area contributed by atoms with Crippen LogP contribution in [-0.4, -0.2) is 43.6 Å². The van der Waals surface area contributed by atoms with Gasteiger partial charge in [0.05, 0.1) is 12.9 Å². The van der Waals surface area contributed by atoms with Crippen molar-refractivity contribution in [3.8, 4) is 16.9 Å². The normalized spacial score (nSPS) is 14.3. The lowest BCUT2D eigenvalue weighted by molar-refractivity contribution is -0.126. The number of furan rings is 1. The Hall–Kier alpha value is -4.06. The third kappa shape index (κ3) is 5.24. The van der Waals surface area contributed by atoms with Gasteiger partial charge in [0.15, 0.2) is 0 Å². The zero-order valence-electron chi connectivity index (χ0n) is 21.5. The van der Waals surface area contributed by atoms with Gasteiger partial charge >= 0.3 is 0 Å². The van der Waals surface area contributed by atoms with E-state index in [2.05, 4.69) is 36.1 Å². The van der Waals surface area contributed by atoms with E-state index in [1.54, 1.807) is 24.5 Å². The fraction of sp³-hybridized carbons (Fsp3) is 0.258. The Morgan fingerprint density at radius 3 is 2.51 bits per heavy atom. The van der Waals surface area contributed by atoms with Crippen LogP contribution >= 0.6 is 0 Å². The summed E-state index contributed by atoms with van der Waals surface area (Å²) in [5.41, 5.74) is 6.50. The van der Waals surface area contributed by atoms with Crippen LogP contribution in [-0.2, 0) is 4.79 Å². The molecule has 0 bridgehead atoms. The van der Waals surface area contributed by atoms with Crippen molar-refractivity contribution in [2.45, 2.75) is 20.8 Å². The molecule has 1 aliphatic rings. The van der Waals surface area contributed by atoms with Crippen LogP contribution in [0.5, 0.6) is 5.75 Å². The Labute approximate surface area is 216 Å². The number of hydrogen-bond acceptors (Lipinski definition) is 4. The highest BCUT2D eigenvalue weighted by molar-refractivity contribution is 6.00. The SMILES string of the molecule is CCOc1cc2occ(-c3ccc(F)cc3)c2cc1/C(C)=C/C(=O)N1CCN(c2cccc(C)c2)CC1. The van der Waals surface area contributed by atoms with Crippen LogP contribution in [0.4, 0.5) is 10.1 Å². The van der Waals surface area contributed by atoms with Gasteiger partial charge in [-0.1, -0.05) is 24.3 Å². The average Bonchev–Trinajstić information content (AvgIpc) is 3.31. The van der Waals surface area contributed by atoms with E-state index in [0.717, 1.165) is 40.7 Å². The molecule has 5 nitrogen and oxygen atoms in total. The molecule has 0 spiro atoms. The van der Waals surface area contributed by atoms with Crippen LogP contribution in [0.15, 0.2) is 77.4 Å². The number of carbonyl (C=O) groups is 1. The maximum Gasteiger partial charge on any atom is 0.246 e. The Balaban J connectivity index is 1.39. The summed E-state index contributed by atoms with van der Waals surface area (Å²) in [6.45, 7) is 9.39. The van der Waals surface area contributed by atoms with Gasteiger partial charge in [0.2, 0.25) is 5.91 Å². The molecule has 3 aromatic carbocycles. The Morgan fingerprint density at radius 2 is 1.81 bits per heavy atom. The van der Waals surface area contributed by atoms with Crippen LogP contribution in [0.2, 0.25) is 0 Å². The molecule has 5 rings (SSSR count). The molecule has 0 aliphatic carbocycles. The number of rotatable bonds is 6. The van der Waals surface area contributed by atoms with Gasteiger partial charge in [-0.2, -0.15) is 0 Å². The van der Waals surface area contributed by atoms with Crippen LogP contribution < -0.4 is 9.64 Å². The first-order valence-electron chi connectivity index (χ1n) is 12.7. The predicted molar refractivity (Wildman–Crippen MR) is 146 cm³/mol. The minimum absolute atomic E-state index is 0.00473. The quantitative estimate of drug-likeness (QED) is 0.278. The van der Waals surface area contributed by atoms with Gasteiger partial charge in [-0.3, -0.25) is 4.79 Å². The third-order valence-electron chi connectivity index (χ3n) is 6.85. The number of carbonyl (C=O) groups excluding carboxylic acids is 1. The molecular formula is C31H31FN2O3. The van der Waals surface area contributed by atoms with Crippen LogP contribution in [0, 0.1) is 12.7 Å². The van der Waals surface area contributed by atoms with Crippen molar-refractivity contribution in [2.24, 2.45) is 0 Å². The second kappa shape index (κ2) is 10.5. The molecule has 2 heterocycles. The van der Waals surface area contributed by atoms with E-state index in [-0.39, 0.29) is 11.7 Å². The predicted octanol–water partition coefficient (Wildman–Crippen LogP) is 6.70. The van der Waals surface area contributed by atoms with Gasteiger partial charge in [-0.05, 0) is 67.8 Å². The number of allylic oxidation sites excluding steroid dienone is 1. The zero-order chi connectivity index (χ0) is 25.9. The number of ether oxygens (including phenoxy) is 1. The molecule has 1 aliphatic heterocycles. The molecule has 1 saturated heterocycles. The van der Waals surface area contributed by atoms with Gasteiger partial charge < -0.3 is 19.0 Å².